The van der Waals surface area contributed by atoms with Gasteiger partial charge < -0.3 is 5.73 Å². The fourth-order valence-electron chi connectivity index (χ4n) is 3.41. The molecule has 1 aliphatic carbocycles. The minimum absolute atomic E-state index is 0.495. The Morgan fingerprint density at radius 3 is 2.04 bits per heavy atom. The summed E-state index contributed by atoms with van der Waals surface area (Å²) < 4.78 is 0. The zero-order valence-corrected chi connectivity index (χ0v) is 14.3. The molecule has 2 N–H and O–H groups in total. The largest absolute Gasteiger partial charge is 0.384 e. The van der Waals surface area contributed by atoms with E-state index in [2.05, 4.69) is 72.6 Å². The van der Waals surface area contributed by atoms with Crippen LogP contribution in [0.2, 0.25) is 0 Å². The van der Waals surface area contributed by atoms with Crippen LogP contribution in [-0.2, 0) is 5.54 Å². The van der Waals surface area contributed by atoms with Crippen LogP contribution in [0.5, 0.6) is 0 Å². The Labute approximate surface area is 146 Å². The second-order valence-corrected chi connectivity index (χ2v) is 7.00. The molecule has 1 aliphatic rings. The van der Waals surface area contributed by atoms with Crippen molar-refractivity contribution in [3.8, 4) is 11.1 Å². The average Bonchev–Trinajstić information content (AvgIpc) is 3.22. The molecule has 0 spiro atoms. The molecule has 4 rings (SSSR count). The van der Waals surface area contributed by atoms with Crippen molar-refractivity contribution in [2.75, 3.05) is 0 Å². The highest BCUT2D eigenvalue weighted by atomic mass is 32.1. The second-order valence-electron chi connectivity index (χ2n) is 6.06. The Hall–Kier alpha value is -2.65. The van der Waals surface area contributed by atoms with Crippen molar-refractivity contribution in [3.63, 3.8) is 0 Å². The van der Waals surface area contributed by atoms with Gasteiger partial charge in [-0.3, -0.25) is 0 Å². The van der Waals surface area contributed by atoms with Crippen LogP contribution < -0.4 is 5.73 Å². The van der Waals surface area contributed by atoms with Crippen molar-refractivity contribution < 1.29 is 0 Å². The molecular weight excluding hydrogens is 312 g/mol. The van der Waals surface area contributed by atoms with Gasteiger partial charge in [-0.1, -0.05) is 61.2 Å². The standard InChI is InChI=1S/C21H18N2S/c1-14(2)20(22)23-21(19-12-7-13-24-19)17-10-5-3-8-15(17)16-9-4-6-11-18(16)21/h3-13H,1H2,2H3,(H2,22,23). The molecule has 0 bridgehead atoms. The lowest BCUT2D eigenvalue weighted by Gasteiger charge is -2.27. The fraction of sp³-hybridized carbons (Fsp3) is 0.0952. The van der Waals surface area contributed by atoms with E-state index < -0.39 is 5.54 Å². The summed E-state index contributed by atoms with van der Waals surface area (Å²) in [6, 6.07) is 21.1. The van der Waals surface area contributed by atoms with Crippen molar-refractivity contribution in [2.24, 2.45) is 10.7 Å². The molecule has 1 heterocycles. The van der Waals surface area contributed by atoms with Crippen molar-refractivity contribution in [2.45, 2.75) is 12.5 Å². The first kappa shape index (κ1) is 14.9. The fourth-order valence-corrected chi connectivity index (χ4v) is 4.31. The lowest BCUT2D eigenvalue weighted by Crippen LogP contribution is -2.28. The molecule has 0 aliphatic heterocycles. The van der Waals surface area contributed by atoms with Gasteiger partial charge in [0.1, 0.15) is 11.4 Å². The van der Waals surface area contributed by atoms with Crippen LogP contribution in [0.25, 0.3) is 11.1 Å². The number of aliphatic imine (C=N–C) groups is 1. The smallest absolute Gasteiger partial charge is 0.148 e. The summed E-state index contributed by atoms with van der Waals surface area (Å²) in [6.07, 6.45) is 0. The molecule has 2 nitrogen and oxygen atoms in total. The van der Waals surface area contributed by atoms with Gasteiger partial charge in [-0.25, -0.2) is 4.99 Å². The molecule has 0 saturated heterocycles. The molecule has 1 aromatic heterocycles. The van der Waals surface area contributed by atoms with E-state index in [-0.39, 0.29) is 0 Å². The number of nitrogens with two attached hydrogens (primary N) is 1. The highest BCUT2D eigenvalue weighted by Crippen LogP contribution is 2.54. The Morgan fingerprint density at radius 2 is 1.54 bits per heavy atom. The SMILES string of the molecule is C=C(C)C(N)=NC1(c2cccs2)c2ccccc2-c2ccccc21. The van der Waals surface area contributed by atoms with E-state index in [4.69, 9.17) is 10.7 Å². The van der Waals surface area contributed by atoms with E-state index >= 15 is 0 Å². The van der Waals surface area contributed by atoms with E-state index in [1.165, 1.54) is 27.1 Å². The Morgan fingerprint density at radius 1 is 0.958 bits per heavy atom. The maximum Gasteiger partial charge on any atom is 0.148 e. The molecule has 24 heavy (non-hydrogen) atoms. The first-order valence-corrected chi connectivity index (χ1v) is 8.77. The van der Waals surface area contributed by atoms with Crippen LogP contribution in [0.15, 0.2) is 83.2 Å². The van der Waals surface area contributed by atoms with E-state index in [0.717, 1.165) is 5.57 Å². The normalized spacial score (nSPS) is 15.0. The molecule has 0 fully saturated rings. The highest BCUT2D eigenvalue weighted by Gasteiger charge is 2.45. The van der Waals surface area contributed by atoms with Crippen LogP contribution in [-0.4, -0.2) is 5.84 Å². The molecule has 3 heteroatoms. The summed E-state index contributed by atoms with van der Waals surface area (Å²) in [5.41, 5.74) is 11.3. The van der Waals surface area contributed by atoms with E-state index in [1.807, 2.05) is 6.92 Å². The summed E-state index contributed by atoms with van der Waals surface area (Å²) in [7, 11) is 0. The summed E-state index contributed by atoms with van der Waals surface area (Å²) in [5.74, 6) is 0.495. The van der Waals surface area contributed by atoms with E-state index in [0.29, 0.717) is 5.84 Å². The number of fused-ring (bicyclic) bond motifs is 3. The van der Waals surface area contributed by atoms with Gasteiger partial charge in [0.2, 0.25) is 0 Å². The van der Waals surface area contributed by atoms with Gasteiger partial charge in [-0.15, -0.1) is 11.3 Å². The molecular formula is C21H18N2S. The maximum absolute atomic E-state index is 6.26. The lowest BCUT2D eigenvalue weighted by atomic mass is 9.86. The summed E-state index contributed by atoms with van der Waals surface area (Å²) >= 11 is 1.71. The number of benzene rings is 2. The van der Waals surface area contributed by atoms with Gasteiger partial charge in [0.15, 0.2) is 0 Å². The van der Waals surface area contributed by atoms with Crippen LogP contribution >= 0.6 is 11.3 Å². The van der Waals surface area contributed by atoms with Crippen molar-refractivity contribution >= 4 is 17.2 Å². The lowest BCUT2D eigenvalue weighted by molar-refractivity contribution is 0.690. The third kappa shape index (κ3) is 1.98. The maximum atomic E-state index is 6.26. The van der Waals surface area contributed by atoms with E-state index in [1.54, 1.807) is 11.3 Å². The molecule has 0 radical (unpaired) electrons. The molecule has 0 unspecified atom stereocenters. The number of thiophene rings is 1. The Balaban J connectivity index is 2.15. The summed E-state index contributed by atoms with van der Waals surface area (Å²) in [5, 5.41) is 2.09. The van der Waals surface area contributed by atoms with Gasteiger partial charge >= 0.3 is 0 Å². The number of hydrogen-bond donors (Lipinski definition) is 1. The zero-order chi connectivity index (χ0) is 16.7. The minimum atomic E-state index is -0.593. The third-order valence-electron chi connectivity index (χ3n) is 4.53. The minimum Gasteiger partial charge on any atom is -0.384 e. The highest BCUT2D eigenvalue weighted by molar-refractivity contribution is 7.10. The number of rotatable bonds is 3. The van der Waals surface area contributed by atoms with Crippen molar-refractivity contribution in [1.29, 1.82) is 0 Å². The molecule has 3 aromatic rings. The predicted octanol–water partition coefficient (Wildman–Crippen LogP) is 4.95. The monoisotopic (exact) mass is 330 g/mol. The van der Waals surface area contributed by atoms with Crippen molar-refractivity contribution in [1.82, 2.24) is 0 Å². The van der Waals surface area contributed by atoms with Gasteiger partial charge in [0.05, 0.1) is 0 Å². The van der Waals surface area contributed by atoms with Crippen LogP contribution in [0.1, 0.15) is 22.9 Å². The van der Waals surface area contributed by atoms with Crippen molar-refractivity contribution in [3.05, 3.63) is 94.2 Å². The molecule has 0 saturated carbocycles. The van der Waals surface area contributed by atoms with Gasteiger partial charge in [-0.2, -0.15) is 0 Å². The molecule has 2 aromatic carbocycles. The third-order valence-corrected chi connectivity index (χ3v) is 5.51. The molecule has 118 valence electrons. The number of amidine groups is 1. The topological polar surface area (TPSA) is 38.4 Å². The molecule has 0 amide bonds. The van der Waals surface area contributed by atoms with Gasteiger partial charge in [0, 0.05) is 4.88 Å². The summed E-state index contributed by atoms with van der Waals surface area (Å²) in [4.78, 5) is 6.21. The Bertz CT molecular complexity index is 906. The summed E-state index contributed by atoms with van der Waals surface area (Å²) in [6.45, 7) is 5.87. The van der Waals surface area contributed by atoms with Crippen LogP contribution in [0, 0.1) is 0 Å². The van der Waals surface area contributed by atoms with Gasteiger partial charge in [-0.05, 0) is 46.2 Å². The zero-order valence-electron chi connectivity index (χ0n) is 13.5. The number of nitrogens with zero attached hydrogens (tertiary/aromatic N) is 1. The second kappa shape index (κ2) is 5.46. The average molecular weight is 330 g/mol. The predicted molar refractivity (Wildman–Crippen MR) is 103 cm³/mol. The van der Waals surface area contributed by atoms with E-state index in [9.17, 15) is 0 Å². The number of hydrogen-bond acceptors (Lipinski definition) is 2. The van der Waals surface area contributed by atoms with Crippen LogP contribution in [0.4, 0.5) is 0 Å². The first-order valence-electron chi connectivity index (χ1n) is 7.89. The quantitative estimate of drug-likeness (QED) is 0.535. The molecule has 0 atom stereocenters. The first-order chi connectivity index (χ1) is 11.6. The van der Waals surface area contributed by atoms with Crippen LogP contribution in [0.3, 0.4) is 0 Å². The Kier molecular flexibility index (Phi) is 3.39. The van der Waals surface area contributed by atoms with Gasteiger partial charge in [0.25, 0.3) is 0 Å².